The largest absolute Gasteiger partial charge is 0.497 e. The molecule has 146 valence electrons. The highest BCUT2D eigenvalue weighted by atomic mass is 32.1. The summed E-state index contributed by atoms with van der Waals surface area (Å²) in [6.45, 7) is 1.99. The maximum absolute atomic E-state index is 11.7. The zero-order valence-corrected chi connectivity index (χ0v) is 16.3. The lowest BCUT2D eigenvalue weighted by atomic mass is 10.2. The molecular formula is C19H15N5O4S. The summed E-state index contributed by atoms with van der Waals surface area (Å²) >= 11 is 1.38. The third-order valence-electron chi connectivity index (χ3n) is 4.01. The minimum atomic E-state index is -0.585. The third kappa shape index (κ3) is 3.92. The lowest BCUT2D eigenvalue weighted by molar-refractivity contribution is -0.385. The van der Waals surface area contributed by atoms with Crippen molar-refractivity contribution in [2.24, 2.45) is 0 Å². The molecule has 0 amide bonds. The van der Waals surface area contributed by atoms with Crippen LogP contribution in [0, 0.1) is 17.0 Å². The minimum absolute atomic E-state index is 0.00397. The molecule has 0 aliphatic heterocycles. The summed E-state index contributed by atoms with van der Waals surface area (Å²) in [4.78, 5) is 23.5. The van der Waals surface area contributed by atoms with Crippen molar-refractivity contribution < 1.29 is 14.4 Å². The Hall–Kier alpha value is -3.79. The molecule has 10 heteroatoms. The van der Waals surface area contributed by atoms with E-state index in [9.17, 15) is 10.1 Å². The highest BCUT2D eigenvalue weighted by Crippen LogP contribution is 2.37. The number of thiazole rings is 1. The SMILES string of the molecule is COc1ccc(Oc2ncnc(Nc3nc4ccc(C)cc4s3)c2[N+](=O)[O-])cc1. The van der Waals surface area contributed by atoms with Gasteiger partial charge in [-0.25, -0.2) is 9.97 Å². The number of hydrogen-bond acceptors (Lipinski definition) is 9. The first kappa shape index (κ1) is 18.6. The zero-order chi connectivity index (χ0) is 20.4. The second-order valence-electron chi connectivity index (χ2n) is 6.03. The average Bonchev–Trinajstić information content (AvgIpc) is 3.09. The van der Waals surface area contributed by atoms with Gasteiger partial charge in [-0.05, 0) is 48.9 Å². The van der Waals surface area contributed by atoms with Crippen molar-refractivity contribution in [3.05, 3.63) is 64.5 Å². The Morgan fingerprint density at radius 2 is 1.86 bits per heavy atom. The summed E-state index contributed by atoms with van der Waals surface area (Å²) in [7, 11) is 1.55. The van der Waals surface area contributed by atoms with Crippen LogP contribution >= 0.6 is 11.3 Å². The van der Waals surface area contributed by atoms with Crippen LogP contribution < -0.4 is 14.8 Å². The van der Waals surface area contributed by atoms with Crippen LogP contribution in [0.5, 0.6) is 17.4 Å². The normalized spacial score (nSPS) is 10.7. The summed E-state index contributed by atoms with van der Waals surface area (Å²) in [5, 5.41) is 15.1. The third-order valence-corrected chi connectivity index (χ3v) is 4.95. The van der Waals surface area contributed by atoms with Crippen molar-refractivity contribution in [3.63, 3.8) is 0 Å². The van der Waals surface area contributed by atoms with Crippen LogP contribution in [-0.4, -0.2) is 27.0 Å². The van der Waals surface area contributed by atoms with Gasteiger partial charge in [0.05, 0.1) is 22.2 Å². The van der Waals surface area contributed by atoms with E-state index in [1.54, 1.807) is 31.4 Å². The molecular weight excluding hydrogens is 394 g/mol. The minimum Gasteiger partial charge on any atom is -0.497 e. The Bertz CT molecular complexity index is 1190. The quantitative estimate of drug-likeness (QED) is 0.355. The van der Waals surface area contributed by atoms with Gasteiger partial charge in [-0.1, -0.05) is 17.4 Å². The second-order valence-corrected chi connectivity index (χ2v) is 7.06. The van der Waals surface area contributed by atoms with Gasteiger partial charge in [-0.15, -0.1) is 0 Å². The smallest absolute Gasteiger partial charge is 0.373 e. The van der Waals surface area contributed by atoms with Crippen molar-refractivity contribution in [2.75, 3.05) is 12.4 Å². The first-order valence-electron chi connectivity index (χ1n) is 8.49. The molecule has 2 aromatic carbocycles. The number of methoxy groups -OCH3 is 1. The molecule has 0 fully saturated rings. The lowest BCUT2D eigenvalue weighted by Crippen LogP contribution is -2.03. The van der Waals surface area contributed by atoms with E-state index >= 15 is 0 Å². The van der Waals surface area contributed by atoms with Gasteiger partial charge >= 0.3 is 11.6 Å². The van der Waals surface area contributed by atoms with Gasteiger partial charge in [-0.2, -0.15) is 4.98 Å². The van der Waals surface area contributed by atoms with E-state index in [1.165, 1.54) is 17.7 Å². The highest BCUT2D eigenvalue weighted by Gasteiger charge is 2.26. The highest BCUT2D eigenvalue weighted by molar-refractivity contribution is 7.22. The van der Waals surface area contributed by atoms with Crippen molar-refractivity contribution in [1.82, 2.24) is 15.0 Å². The molecule has 9 nitrogen and oxygen atoms in total. The molecule has 0 aliphatic carbocycles. The molecule has 4 rings (SSSR count). The first-order valence-corrected chi connectivity index (χ1v) is 9.30. The van der Waals surface area contributed by atoms with E-state index < -0.39 is 4.92 Å². The van der Waals surface area contributed by atoms with E-state index in [0.717, 1.165) is 15.8 Å². The number of nitrogens with zero attached hydrogens (tertiary/aromatic N) is 4. The van der Waals surface area contributed by atoms with Crippen LogP contribution in [0.4, 0.5) is 16.6 Å². The van der Waals surface area contributed by atoms with Crippen molar-refractivity contribution >= 4 is 38.2 Å². The summed E-state index contributed by atoms with van der Waals surface area (Å²) in [5.41, 5.74) is 1.53. The molecule has 4 aromatic rings. The molecule has 0 saturated heterocycles. The average molecular weight is 409 g/mol. The molecule has 0 spiro atoms. The van der Waals surface area contributed by atoms with Crippen LogP contribution in [0.1, 0.15) is 5.56 Å². The van der Waals surface area contributed by atoms with E-state index in [-0.39, 0.29) is 17.4 Å². The predicted molar refractivity (Wildman–Crippen MR) is 109 cm³/mol. The molecule has 0 saturated carbocycles. The number of aryl methyl sites for hydroxylation is 1. The Balaban J connectivity index is 1.67. The molecule has 0 radical (unpaired) electrons. The van der Waals surface area contributed by atoms with E-state index in [2.05, 4.69) is 20.3 Å². The van der Waals surface area contributed by atoms with Crippen LogP contribution in [-0.2, 0) is 0 Å². The maximum Gasteiger partial charge on any atom is 0.373 e. The number of ether oxygens (including phenoxy) is 2. The van der Waals surface area contributed by atoms with Crippen molar-refractivity contribution in [3.8, 4) is 17.4 Å². The number of nitrogens with one attached hydrogen (secondary N) is 1. The van der Waals surface area contributed by atoms with Gasteiger partial charge in [0.25, 0.3) is 0 Å². The van der Waals surface area contributed by atoms with Gasteiger partial charge < -0.3 is 14.8 Å². The fourth-order valence-corrected chi connectivity index (χ4v) is 3.60. The molecule has 1 N–H and O–H groups in total. The Morgan fingerprint density at radius 1 is 1.10 bits per heavy atom. The molecule has 2 aromatic heterocycles. The molecule has 0 atom stereocenters. The predicted octanol–water partition coefficient (Wildman–Crippen LogP) is 4.85. The Morgan fingerprint density at radius 3 is 2.59 bits per heavy atom. The maximum atomic E-state index is 11.7. The van der Waals surface area contributed by atoms with Crippen LogP contribution in [0.25, 0.3) is 10.2 Å². The van der Waals surface area contributed by atoms with Gasteiger partial charge in [0.1, 0.15) is 17.8 Å². The van der Waals surface area contributed by atoms with E-state index in [1.807, 2.05) is 25.1 Å². The molecule has 2 heterocycles. The number of rotatable bonds is 6. The number of benzene rings is 2. The fraction of sp³-hybridized carbons (Fsp3) is 0.105. The molecule has 29 heavy (non-hydrogen) atoms. The number of aromatic nitrogens is 3. The van der Waals surface area contributed by atoms with Gasteiger partial charge in [0, 0.05) is 0 Å². The van der Waals surface area contributed by atoms with E-state index in [4.69, 9.17) is 9.47 Å². The fourth-order valence-electron chi connectivity index (χ4n) is 2.64. The van der Waals surface area contributed by atoms with Gasteiger partial charge in [-0.3, -0.25) is 10.1 Å². The standard InChI is InChI=1S/C19H15N5O4S/c1-11-3-8-14-15(9-11)29-19(22-14)23-17-16(24(25)26)18(21-10-20-17)28-13-6-4-12(27-2)5-7-13/h3-10H,1-2H3,(H,20,21,22,23). The Kier molecular flexibility index (Phi) is 4.92. The van der Waals surface area contributed by atoms with Crippen LogP contribution in [0.15, 0.2) is 48.8 Å². The van der Waals surface area contributed by atoms with E-state index in [0.29, 0.717) is 16.6 Å². The second kappa shape index (κ2) is 7.68. The number of nitro groups is 1. The van der Waals surface area contributed by atoms with Crippen LogP contribution in [0.3, 0.4) is 0 Å². The van der Waals surface area contributed by atoms with Crippen molar-refractivity contribution in [2.45, 2.75) is 6.92 Å². The van der Waals surface area contributed by atoms with Crippen LogP contribution in [0.2, 0.25) is 0 Å². The molecule has 0 aliphatic rings. The number of fused-ring (bicyclic) bond motifs is 1. The molecule has 0 unspecified atom stereocenters. The summed E-state index contributed by atoms with van der Waals surface area (Å²) in [6.07, 6.45) is 1.20. The Labute approximate surface area is 169 Å². The zero-order valence-electron chi connectivity index (χ0n) is 15.4. The number of hydrogen-bond donors (Lipinski definition) is 1. The monoisotopic (exact) mass is 409 g/mol. The summed E-state index contributed by atoms with van der Waals surface area (Å²) < 4.78 is 11.7. The summed E-state index contributed by atoms with van der Waals surface area (Å²) in [6, 6.07) is 12.5. The summed E-state index contributed by atoms with van der Waals surface area (Å²) in [5.74, 6) is 0.857. The van der Waals surface area contributed by atoms with Gasteiger partial charge in [0.15, 0.2) is 5.13 Å². The number of anilines is 2. The lowest BCUT2D eigenvalue weighted by Gasteiger charge is -2.08. The van der Waals surface area contributed by atoms with Crippen molar-refractivity contribution in [1.29, 1.82) is 0 Å². The first-order chi connectivity index (χ1) is 14.0. The molecule has 0 bridgehead atoms. The van der Waals surface area contributed by atoms with Gasteiger partial charge in [0.2, 0.25) is 5.82 Å². The topological polar surface area (TPSA) is 112 Å².